The molecule has 0 aliphatic rings. The third-order valence-electron chi connectivity index (χ3n) is 10.1. The lowest BCUT2D eigenvalue weighted by molar-refractivity contribution is -0.870. The van der Waals surface area contributed by atoms with E-state index in [4.69, 9.17) is 9.05 Å². The van der Waals surface area contributed by atoms with Gasteiger partial charge in [0.05, 0.1) is 39.9 Å². The third-order valence-corrected chi connectivity index (χ3v) is 11.1. The van der Waals surface area contributed by atoms with Gasteiger partial charge in [-0.2, -0.15) is 0 Å². The van der Waals surface area contributed by atoms with E-state index in [0.717, 1.165) is 38.5 Å². The lowest BCUT2D eigenvalue weighted by Gasteiger charge is -2.26. The van der Waals surface area contributed by atoms with E-state index in [2.05, 4.69) is 19.2 Å². The number of nitrogens with one attached hydrogen (secondary N) is 1. The second kappa shape index (κ2) is 35.2. The number of amides is 1. The molecule has 0 aromatic heterocycles. The molecular weight excluding hydrogens is 659 g/mol. The fraction of sp³-hybridized carbons (Fsp3) is 0.976. The summed E-state index contributed by atoms with van der Waals surface area (Å²) in [7, 11) is 1.63. The van der Waals surface area contributed by atoms with Crippen LogP contribution >= 0.6 is 7.82 Å². The van der Waals surface area contributed by atoms with Gasteiger partial charge in [0.15, 0.2) is 0 Å². The minimum atomic E-state index is -4.30. The molecule has 0 saturated carbocycles. The second-order valence-corrected chi connectivity index (χ2v) is 17.9. The summed E-state index contributed by atoms with van der Waals surface area (Å²) in [5.41, 5.74) is 0. The highest BCUT2D eigenvalue weighted by Gasteiger charge is 2.28. The van der Waals surface area contributed by atoms with Gasteiger partial charge in [-0.3, -0.25) is 13.8 Å². The summed E-state index contributed by atoms with van der Waals surface area (Å²) in [5.74, 6) is -0.142. The molecule has 3 N–H and O–H groups in total. The molecule has 0 heterocycles. The first-order valence-electron chi connectivity index (χ1n) is 21.9. The molecule has 306 valence electrons. The Morgan fingerprint density at radius 2 is 0.941 bits per heavy atom. The van der Waals surface area contributed by atoms with Crippen LogP contribution in [0, 0.1) is 0 Å². The molecule has 51 heavy (non-hydrogen) atoms. The van der Waals surface area contributed by atoms with Gasteiger partial charge in [0.25, 0.3) is 0 Å². The summed E-state index contributed by atoms with van der Waals surface area (Å²) in [5, 5.41) is 13.9. The molecule has 0 radical (unpaired) electrons. The molecule has 0 spiro atoms. The van der Waals surface area contributed by atoms with Gasteiger partial charge >= 0.3 is 7.82 Å². The van der Waals surface area contributed by atoms with E-state index in [-0.39, 0.29) is 19.1 Å². The predicted octanol–water partition coefficient (Wildman–Crippen LogP) is 11.8. The lowest BCUT2D eigenvalue weighted by Crippen LogP contribution is -2.46. The van der Waals surface area contributed by atoms with E-state index in [0.29, 0.717) is 23.9 Å². The van der Waals surface area contributed by atoms with Crippen LogP contribution in [0.5, 0.6) is 0 Å². The van der Waals surface area contributed by atoms with Crippen molar-refractivity contribution in [3.63, 3.8) is 0 Å². The third kappa shape index (κ3) is 37.6. The van der Waals surface area contributed by atoms with Crippen molar-refractivity contribution in [3.8, 4) is 0 Å². The highest BCUT2D eigenvalue weighted by molar-refractivity contribution is 7.47. The summed E-state index contributed by atoms with van der Waals surface area (Å²) in [6, 6.07) is -0.752. The van der Waals surface area contributed by atoms with Crippen LogP contribution in [0.4, 0.5) is 0 Å². The molecule has 3 unspecified atom stereocenters. The summed E-state index contributed by atoms with van der Waals surface area (Å²) < 4.78 is 23.6. The van der Waals surface area contributed by atoms with Gasteiger partial charge in [-0.05, 0) is 12.8 Å². The molecule has 0 aliphatic carbocycles. The Hall–Kier alpha value is -0.500. The number of carbonyl (C=O) groups is 1. The maximum atomic E-state index is 12.9. The Labute approximate surface area is 317 Å². The fourth-order valence-corrected chi connectivity index (χ4v) is 7.31. The summed E-state index contributed by atoms with van der Waals surface area (Å²) in [6.45, 7) is 4.90. The number of aliphatic hydroxyl groups is 1. The first-order valence-corrected chi connectivity index (χ1v) is 23.4. The number of aliphatic hydroxyl groups excluding tert-OH is 1. The van der Waals surface area contributed by atoms with Crippen molar-refractivity contribution < 1.29 is 32.9 Å². The van der Waals surface area contributed by atoms with Gasteiger partial charge < -0.3 is 19.8 Å². The molecule has 0 aromatic carbocycles. The number of phosphoric acid groups is 1. The Balaban J connectivity index is 4.34. The SMILES string of the molecule is CCCCCCCCCCCCCCCCCCC(=O)NC(COP(=O)(O)OCC[N+](C)(C)C)C(O)CCCCCCCCCCCCCCC. The van der Waals surface area contributed by atoms with E-state index in [1.807, 2.05) is 21.1 Å². The van der Waals surface area contributed by atoms with E-state index in [1.165, 1.54) is 148 Å². The van der Waals surface area contributed by atoms with Gasteiger partial charge in [-0.25, -0.2) is 4.57 Å². The van der Waals surface area contributed by atoms with Crippen molar-refractivity contribution in [1.29, 1.82) is 0 Å². The molecule has 0 saturated heterocycles. The molecule has 8 nitrogen and oxygen atoms in total. The Morgan fingerprint density at radius 3 is 1.31 bits per heavy atom. The van der Waals surface area contributed by atoms with E-state index in [1.54, 1.807) is 0 Å². The van der Waals surface area contributed by atoms with E-state index < -0.39 is 20.0 Å². The fourth-order valence-electron chi connectivity index (χ4n) is 6.58. The second-order valence-electron chi connectivity index (χ2n) is 16.4. The lowest BCUT2D eigenvalue weighted by atomic mass is 10.0. The number of carbonyl (C=O) groups excluding carboxylic acids is 1. The van der Waals surface area contributed by atoms with Crippen LogP contribution in [0.3, 0.4) is 0 Å². The number of hydrogen-bond acceptors (Lipinski definition) is 5. The first kappa shape index (κ1) is 50.5. The van der Waals surface area contributed by atoms with Crippen LogP contribution in [-0.2, 0) is 18.4 Å². The monoisotopic (exact) mass is 748 g/mol. The zero-order valence-corrected chi connectivity index (χ0v) is 35.5. The minimum absolute atomic E-state index is 0.0784. The van der Waals surface area contributed by atoms with Crippen LogP contribution in [0.25, 0.3) is 0 Å². The molecule has 1 amide bonds. The van der Waals surface area contributed by atoms with Gasteiger partial charge in [-0.1, -0.05) is 194 Å². The summed E-state index contributed by atoms with van der Waals surface area (Å²) >= 11 is 0. The molecule has 9 heteroatoms. The summed E-state index contributed by atoms with van der Waals surface area (Å²) in [4.78, 5) is 23.1. The van der Waals surface area contributed by atoms with E-state index >= 15 is 0 Å². The molecular formula is C42H88N2O6P+. The van der Waals surface area contributed by atoms with Crippen molar-refractivity contribution in [2.75, 3.05) is 40.9 Å². The topological polar surface area (TPSA) is 105 Å². The zero-order chi connectivity index (χ0) is 37.9. The van der Waals surface area contributed by atoms with Crippen LogP contribution in [0.1, 0.15) is 213 Å². The number of unbranched alkanes of at least 4 members (excludes halogenated alkanes) is 27. The highest BCUT2D eigenvalue weighted by Crippen LogP contribution is 2.43. The molecule has 0 rings (SSSR count). The molecule has 3 atom stereocenters. The van der Waals surface area contributed by atoms with Gasteiger partial charge in [0.1, 0.15) is 13.2 Å². The summed E-state index contributed by atoms with van der Waals surface area (Å²) in [6.07, 6.45) is 36.9. The van der Waals surface area contributed by atoms with Crippen LogP contribution < -0.4 is 5.32 Å². The molecule has 0 bridgehead atoms. The number of nitrogens with zero attached hydrogens (tertiary/aromatic N) is 1. The van der Waals surface area contributed by atoms with Gasteiger partial charge in [0.2, 0.25) is 5.91 Å². The number of quaternary nitrogens is 1. The van der Waals surface area contributed by atoms with Crippen molar-refractivity contribution in [2.24, 2.45) is 0 Å². The largest absolute Gasteiger partial charge is 0.472 e. The van der Waals surface area contributed by atoms with Gasteiger partial charge in [-0.15, -0.1) is 0 Å². The Kier molecular flexibility index (Phi) is 34.9. The van der Waals surface area contributed by atoms with Crippen molar-refractivity contribution in [2.45, 2.75) is 225 Å². The van der Waals surface area contributed by atoms with Crippen molar-refractivity contribution in [1.82, 2.24) is 5.32 Å². The average molecular weight is 748 g/mol. The number of likely N-dealkylation sites (N-methyl/N-ethyl adjacent to an activating group) is 1. The molecule has 0 aromatic rings. The van der Waals surface area contributed by atoms with Gasteiger partial charge in [0, 0.05) is 6.42 Å². The maximum absolute atomic E-state index is 12.9. The standard InChI is InChI=1S/C42H87N2O6P/c1-6-8-10-12-14-16-18-20-21-22-24-26-28-30-32-34-36-42(46)43-40(39-50-51(47,48)49-38-37-44(3,4)5)41(45)35-33-31-29-27-25-23-19-17-15-13-11-9-7-2/h40-41,45H,6-39H2,1-5H3,(H-,43,46,47,48)/p+1. The maximum Gasteiger partial charge on any atom is 0.472 e. The number of rotatable bonds is 40. The first-order chi connectivity index (χ1) is 24.5. The number of hydrogen-bond donors (Lipinski definition) is 3. The normalized spacial score (nSPS) is 14.4. The smallest absolute Gasteiger partial charge is 0.391 e. The quantitative estimate of drug-likeness (QED) is 0.0327. The zero-order valence-electron chi connectivity index (χ0n) is 34.6. The Bertz CT molecular complexity index is 809. The van der Waals surface area contributed by atoms with E-state index in [9.17, 15) is 19.4 Å². The highest BCUT2D eigenvalue weighted by atomic mass is 31.2. The van der Waals surface area contributed by atoms with Crippen LogP contribution in [0.2, 0.25) is 0 Å². The number of phosphoric ester groups is 1. The minimum Gasteiger partial charge on any atom is -0.391 e. The molecule has 0 fully saturated rings. The Morgan fingerprint density at radius 1 is 0.588 bits per heavy atom. The van der Waals surface area contributed by atoms with Crippen molar-refractivity contribution >= 4 is 13.7 Å². The van der Waals surface area contributed by atoms with Crippen LogP contribution in [0.15, 0.2) is 0 Å². The molecule has 0 aliphatic heterocycles. The van der Waals surface area contributed by atoms with Crippen molar-refractivity contribution in [3.05, 3.63) is 0 Å². The average Bonchev–Trinajstić information content (AvgIpc) is 3.07. The predicted molar refractivity (Wildman–Crippen MR) is 217 cm³/mol. The van der Waals surface area contributed by atoms with Crippen LogP contribution in [-0.4, -0.2) is 73.4 Å².